The van der Waals surface area contributed by atoms with E-state index in [-0.39, 0.29) is 16.9 Å². The summed E-state index contributed by atoms with van der Waals surface area (Å²) in [4.78, 5) is 10.3. The molecule has 1 aromatic carbocycles. The molecule has 1 unspecified atom stereocenters. The van der Waals surface area contributed by atoms with Crippen molar-refractivity contribution in [2.45, 2.75) is 12.2 Å². The van der Waals surface area contributed by atoms with Crippen LogP contribution in [0.1, 0.15) is 6.42 Å². The van der Waals surface area contributed by atoms with Crippen molar-refractivity contribution < 1.29 is 14.6 Å². The Kier molecular flexibility index (Phi) is 4.12. The maximum Gasteiger partial charge on any atom is 0.305 e. The van der Waals surface area contributed by atoms with Crippen LogP contribution in [0.2, 0.25) is 0 Å². The Hall–Kier alpha value is -1.39. The van der Waals surface area contributed by atoms with Gasteiger partial charge < -0.3 is 9.84 Å². The van der Waals surface area contributed by atoms with Crippen LogP contribution in [0.5, 0.6) is 0 Å². The predicted molar refractivity (Wildman–Crippen MR) is 69.5 cm³/mol. The molecule has 0 aliphatic rings. The molecule has 17 heavy (non-hydrogen) atoms. The Morgan fingerprint density at radius 3 is 2.88 bits per heavy atom. The van der Waals surface area contributed by atoms with Gasteiger partial charge in [0.25, 0.3) is 0 Å². The molecule has 0 radical (unpaired) electrons. The summed E-state index contributed by atoms with van der Waals surface area (Å²) in [6.45, 7) is 0.924. The van der Waals surface area contributed by atoms with Crippen molar-refractivity contribution in [2.75, 3.05) is 13.2 Å². The Bertz CT molecular complexity index is 504. The van der Waals surface area contributed by atoms with Gasteiger partial charge in [0.2, 0.25) is 0 Å². The monoisotopic (exact) mass is 251 g/mol. The van der Waals surface area contributed by atoms with Gasteiger partial charge in [0, 0.05) is 11.5 Å². The molecule has 2 aromatic rings. The lowest BCUT2D eigenvalue weighted by molar-refractivity contribution is -0.138. The molecule has 1 aromatic heterocycles. The zero-order valence-corrected chi connectivity index (χ0v) is 10.3. The summed E-state index contributed by atoms with van der Waals surface area (Å²) in [7, 11) is 0.131. The van der Waals surface area contributed by atoms with Gasteiger partial charge in [0.05, 0.1) is 19.6 Å². The molecule has 90 valence electrons. The fourth-order valence-electron chi connectivity index (χ4n) is 1.67. The molecule has 3 nitrogen and oxygen atoms in total. The number of benzene rings is 1. The third kappa shape index (κ3) is 3.28. The summed E-state index contributed by atoms with van der Waals surface area (Å²) >= 11 is 0. The lowest BCUT2D eigenvalue weighted by atomic mass is 10.3. The van der Waals surface area contributed by atoms with Crippen LogP contribution in [0.4, 0.5) is 0 Å². The molecule has 4 heteroatoms. The molecule has 0 saturated heterocycles. The van der Waals surface area contributed by atoms with E-state index >= 15 is 0 Å². The highest BCUT2D eigenvalue weighted by molar-refractivity contribution is 7.35. The van der Waals surface area contributed by atoms with Crippen molar-refractivity contribution >= 4 is 26.5 Å². The molecule has 2 rings (SSSR count). The van der Waals surface area contributed by atoms with Crippen molar-refractivity contribution in [2.24, 2.45) is 0 Å². The van der Waals surface area contributed by atoms with E-state index in [0.717, 1.165) is 5.75 Å². The highest BCUT2D eigenvalue weighted by Crippen LogP contribution is 2.31. The number of carbonyl (C=O) groups is 1. The third-order valence-corrected chi connectivity index (χ3v) is 4.53. The largest absolute Gasteiger partial charge is 0.481 e. The van der Waals surface area contributed by atoms with E-state index in [1.165, 1.54) is 10.1 Å². The second-order valence-electron chi connectivity index (χ2n) is 3.73. The Labute approximate surface area is 103 Å². The fraction of sp³-hybridized carbons (Fsp3) is 0.308. The quantitative estimate of drug-likeness (QED) is 0.634. The van der Waals surface area contributed by atoms with Crippen molar-refractivity contribution in [1.29, 1.82) is 0 Å². The van der Waals surface area contributed by atoms with Crippen molar-refractivity contribution in [3.63, 3.8) is 0 Å². The average Bonchev–Trinajstić information content (AvgIpc) is 2.72. The van der Waals surface area contributed by atoms with Gasteiger partial charge in [-0.3, -0.25) is 4.79 Å². The smallest absolute Gasteiger partial charge is 0.305 e. The molecule has 0 bridgehead atoms. The van der Waals surface area contributed by atoms with E-state index < -0.39 is 5.97 Å². The predicted octanol–water partition coefficient (Wildman–Crippen LogP) is 3.08. The topological polar surface area (TPSA) is 46.5 Å². The van der Waals surface area contributed by atoms with Crippen LogP contribution in [-0.4, -0.2) is 24.3 Å². The van der Waals surface area contributed by atoms with Gasteiger partial charge in [-0.05, 0) is 22.6 Å². The van der Waals surface area contributed by atoms with E-state index in [4.69, 9.17) is 9.84 Å². The van der Waals surface area contributed by atoms with E-state index in [9.17, 15) is 4.79 Å². The van der Waals surface area contributed by atoms with Crippen LogP contribution in [0.3, 0.4) is 0 Å². The van der Waals surface area contributed by atoms with Crippen LogP contribution >= 0.6 is 10.5 Å². The summed E-state index contributed by atoms with van der Waals surface area (Å²) in [6.07, 6.45) is 0.0835. The van der Waals surface area contributed by atoms with Crippen LogP contribution in [0, 0.1) is 0 Å². The SMILES string of the molecule is O=C(O)CCOCC[s+]1ccc2ccccc21. The minimum atomic E-state index is -0.807. The third-order valence-electron chi connectivity index (χ3n) is 2.52. The molecule has 0 spiro atoms. The minimum Gasteiger partial charge on any atom is -0.481 e. The van der Waals surface area contributed by atoms with Gasteiger partial charge in [0.1, 0.15) is 5.38 Å². The van der Waals surface area contributed by atoms with Gasteiger partial charge in [0.15, 0.2) is 10.5 Å². The maximum atomic E-state index is 10.3. The second kappa shape index (κ2) is 5.80. The van der Waals surface area contributed by atoms with Gasteiger partial charge in [-0.25, -0.2) is 0 Å². The number of carboxylic acids is 1. The molecule has 0 amide bonds. The van der Waals surface area contributed by atoms with Crippen molar-refractivity contribution in [1.82, 2.24) is 0 Å². The minimum absolute atomic E-state index is 0.0835. The Morgan fingerprint density at radius 2 is 2.06 bits per heavy atom. The summed E-state index contributed by atoms with van der Waals surface area (Å²) in [5.41, 5.74) is 0. The number of fused-ring (bicyclic) bond motifs is 1. The number of hydrogen-bond acceptors (Lipinski definition) is 2. The van der Waals surface area contributed by atoms with E-state index in [1.807, 2.05) is 6.07 Å². The summed E-state index contributed by atoms with van der Waals surface area (Å²) in [5, 5.41) is 12.0. The van der Waals surface area contributed by atoms with E-state index in [2.05, 4.69) is 29.6 Å². The standard InChI is InChI=1S/C13H14O3S/c14-13(15)5-7-16-8-10-17-9-6-11-3-1-2-4-12(11)17/h1-4,6,9H,5,7-8,10H2/p+1. The summed E-state index contributed by atoms with van der Waals surface area (Å²) in [6, 6.07) is 10.5. The zero-order valence-electron chi connectivity index (χ0n) is 9.46. The first-order chi connectivity index (χ1) is 8.27. The number of hydrogen-bond donors (Lipinski definition) is 1. The van der Waals surface area contributed by atoms with E-state index in [0.29, 0.717) is 13.2 Å². The van der Waals surface area contributed by atoms with Crippen LogP contribution in [0.15, 0.2) is 35.7 Å². The molecule has 1 atom stereocenters. The molecule has 0 aliphatic heterocycles. The number of rotatable bonds is 6. The molecule has 1 heterocycles. The second-order valence-corrected chi connectivity index (χ2v) is 5.71. The first-order valence-electron chi connectivity index (χ1n) is 5.54. The Morgan fingerprint density at radius 1 is 1.24 bits per heavy atom. The first kappa shape index (κ1) is 12.1. The molecular weight excluding hydrogens is 236 g/mol. The van der Waals surface area contributed by atoms with Crippen molar-refractivity contribution in [3.05, 3.63) is 35.7 Å². The molecular formula is C13H15O3S+. The number of ether oxygens (including phenoxy) is 1. The number of carboxylic acid groups (broad SMARTS) is 1. The molecule has 0 saturated carbocycles. The van der Waals surface area contributed by atoms with Crippen LogP contribution in [0.25, 0.3) is 10.1 Å². The van der Waals surface area contributed by atoms with Gasteiger partial charge in [-0.2, -0.15) is 0 Å². The van der Waals surface area contributed by atoms with Gasteiger partial charge >= 0.3 is 5.97 Å². The lowest BCUT2D eigenvalue weighted by Crippen LogP contribution is -2.03. The lowest BCUT2D eigenvalue weighted by Gasteiger charge is -1.97. The van der Waals surface area contributed by atoms with E-state index in [1.54, 1.807) is 0 Å². The van der Waals surface area contributed by atoms with Crippen molar-refractivity contribution in [3.8, 4) is 0 Å². The molecule has 0 aliphatic carbocycles. The zero-order chi connectivity index (χ0) is 12.1. The normalized spacial score (nSPS) is 11.9. The summed E-state index contributed by atoms with van der Waals surface area (Å²) in [5.74, 6) is 0.131. The number of aliphatic carboxylic acids is 1. The first-order valence-corrected chi connectivity index (χ1v) is 6.99. The molecule has 0 fully saturated rings. The van der Waals surface area contributed by atoms with Gasteiger partial charge in [-0.15, -0.1) is 0 Å². The fourth-order valence-corrected chi connectivity index (χ4v) is 3.48. The summed E-state index contributed by atoms with van der Waals surface area (Å²) < 4.78 is 6.68. The van der Waals surface area contributed by atoms with Crippen LogP contribution in [-0.2, 0) is 15.3 Å². The maximum absolute atomic E-state index is 10.3. The highest BCUT2D eigenvalue weighted by atomic mass is 32.2. The Balaban J connectivity index is 1.85. The number of thiophene rings is 1. The van der Waals surface area contributed by atoms with Crippen LogP contribution < -0.4 is 0 Å². The highest BCUT2D eigenvalue weighted by Gasteiger charge is 2.10. The van der Waals surface area contributed by atoms with Gasteiger partial charge in [-0.1, -0.05) is 12.1 Å². The molecule has 1 N–H and O–H groups in total. The average molecular weight is 251 g/mol.